The van der Waals surface area contributed by atoms with Gasteiger partial charge in [-0.2, -0.15) is 5.10 Å². The van der Waals surface area contributed by atoms with E-state index in [-0.39, 0.29) is 12.6 Å². The molecule has 1 aromatic carbocycles. The van der Waals surface area contributed by atoms with E-state index in [1.165, 1.54) is 4.90 Å². The molecule has 0 aliphatic heterocycles. The number of hydrogen-bond donors (Lipinski definition) is 2. The van der Waals surface area contributed by atoms with Crippen molar-refractivity contribution in [2.45, 2.75) is 19.9 Å². The second-order valence-corrected chi connectivity index (χ2v) is 5.05. The molecule has 1 heterocycles. The number of anilines is 1. The van der Waals surface area contributed by atoms with Crippen LogP contribution in [0.3, 0.4) is 0 Å². The summed E-state index contributed by atoms with van der Waals surface area (Å²) in [6, 6.07) is 5.66. The molecule has 20 heavy (non-hydrogen) atoms. The summed E-state index contributed by atoms with van der Waals surface area (Å²) in [7, 11) is 1.64. The first-order chi connectivity index (χ1) is 9.51. The summed E-state index contributed by atoms with van der Waals surface area (Å²) in [6.45, 7) is 4.39. The second kappa shape index (κ2) is 5.92. The highest BCUT2D eigenvalue weighted by molar-refractivity contribution is 5.92. The van der Waals surface area contributed by atoms with Gasteiger partial charge in [0.25, 0.3) is 0 Å². The number of hydrogen-bond acceptors (Lipinski definition) is 3. The number of aliphatic hydroxyl groups is 1. The van der Waals surface area contributed by atoms with Crippen molar-refractivity contribution in [1.29, 1.82) is 0 Å². The number of nitrogens with zero attached hydrogens (tertiary/aromatic N) is 3. The average Bonchev–Trinajstić information content (AvgIpc) is 2.82. The first kappa shape index (κ1) is 14.3. The maximum absolute atomic E-state index is 11.8. The van der Waals surface area contributed by atoms with Gasteiger partial charge in [0, 0.05) is 36.9 Å². The van der Waals surface area contributed by atoms with Crippen molar-refractivity contribution in [3.63, 3.8) is 0 Å². The summed E-state index contributed by atoms with van der Waals surface area (Å²) in [5.41, 5.74) is 1.62. The number of benzene rings is 1. The van der Waals surface area contributed by atoms with Crippen molar-refractivity contribution in [2.75, 3.05) is 25.5 Å². The predicted octanol–water partition coefficient (Wildman–Crippen LogP) is 2.07. The van der Waals surface area contributed by atoms with Crippen LogP contribution in [0.15, 0.2) is 24.4 Å². The molecule has 2 rings (SSSR count). The van der Waals surface area contributed by atoms with E-state index in [4.69, 9.17) is 5.11 Å². The Morgan fingerprint density at radius 1 is 1.50 bits per heavy atom. The van der Waals surface area contributed by atoms with Crippen LogP contribution in [0.1, 0.15) is 19.9 Å². The normalized spacial score (nSPS) is 11.1. The molecule has 0 radical (unpaired) electrons. The summed E-state index contributed by atoms with van der Waals surface area (Å²) < 4.78 is 1.90. The van der Waals surface area contributed by atoms with Crippen LogP contribution in [0.25, 0.3) is 10.9 Å². The molecule has 0 aliphatic carbocycles. The molecule has 0 aliphatic rings. The van der Waals surface area contributed by atoms with E-state index >= 15 is 0 Å². The number of aliphatic hydroxyl groups excluding tert-OH is 1. The van der Waals surface area contributed by atoms with E-state index < -0.39 is 0 Å². The Morgan fingerprint density at radius 2 is 2.25 bits per heavy atom. The number of amides is 2. The fraction of sp³-hybridized carbons (Fsp3) is 0.429. The maximum Gasteiger partial charge on any atom is 0.321 e. The number of nitrogens with one attached hydrogen (secondary N) is 1. The van der Waals surface area contributed by atoms with E-state index in [9.17, 15) is 4.79 Å². The molecule has 1 aromatic heterocycles. The van der Waals surface area contributed by atoms with Crippen molar-refractivity contribution in [3.05, 3.63) is 24.4 Å². The van der Waals surface area contributed by atoms with Gasteiger partial charge < -0.3 is 15.3 Å². The molecule has 6 heteroatoms. The van der Waals surface area contributed by atoms with Crippen molar-refractivity contribution in [1.82, 2.24) is 14.7 Å². The van der Waals surface area contributed by atoms with Crippen molar-refractivity contribution < 1.29 is 9.90 Å². The Bertz CT molecular complexity index is 606. The Kier molecular flexibility index (Phi) is 4.24. The third-order valence-electron chi connectivity index (χ3n) is 3.08. The molecule has 2 N–H and O–H groups in total. The highest BCUT2D eigenvalue weighted by Gasteiger charge is 2.09. The van der Waals surface area contributed by atoms with Gasteiger partial charge in [0.1, 0.15) is 0 Å². The number of likely N-dealkylation sites (N-methyl/N-ethyl adjacent to an activating group) is 1. The summed E-state index contributed by atoms with van der Waals surface area (Å²) in [5, 5.41) is 17.1. The molecule has 2 amide bonds. The van der Waals surface area contributed by atoms with Gasteiger partial charge in [0.05, 0.1) is 12.1 Å². The van der Waals surface area contributed by atoms with Crippen molar-refractivity contribution in [3.8, 4) is 0 Å². The summed E-state index contributed by atoms with van der Waals surface area (Å²) >= 11 is 0. The van der Waals surface area contributed by atoms with Gasteiger partial charge in [-0.3, -0.25) is 4.68 Å². The Balaban J connectivity index is 2.17. The minimum atomic E-state index is -0.241. The lowest BCUT2D eigenvalue weighted by molar-refractivity contribution is 0.202. The van der Waals surface area contributed by atoms with Gasteiger partial charge in [-0.15, -0.1) is 0 Å². The zero-order valence-electron chi connectivity index (χ0n) is 12.0. The minimum Gasteiger partial charge on any atom is -0.395 e. The fourth-order valence-electron chi connectivity index (χ4n) is 1.86. The highest BCUT2D eigenvalue weighted by atomic mass is 16.3. The van der Waals surface area contributed by atoms with Crippen LogP contribution in [-0.4, -0.2) is 46.0 Å². The maximum atomic E-state index is 11.8. The first-order valence-corrected chi connectivity index (χ1v) is 6.63. The molecular formula is C14H20N4O2. The molecule has 2 aromatic rings. The van der Waals surface area contributed by atoms with Crippen LogP contribution in [0.2, 0.25) is 0 Å². The van der Waals surface area contributed by atoms with E-state index in [0.29, 0.717) is 12.6 Å². The zero-order valence-corrected chi connectivity index (χ0v) is 12.0. The molecular weight excluding hydrogens is 256 g/mol. The third kappa shape index (κ3) is 3.08. The van der Waals surface area contributed by atoms with Gasteiger partial charge in [-0.1, -0.05) is 0 Å². The number of urea groups is 1. The quantitative estimate of drug-likeness (QED) is 0.898. The van der Waals surface area contributed by atoms with Gasteiger partial charge in [-0.25, -0.2) is 4.79 Å². The van der Waals surface area contributed by atoms with E-state index in [1.807, 2.05) is 29.1 Å². The summed E-state index contributed by atoms with van der Waals surface area (Å²) in [4.78, 5) is 13.3. The van der Waals surface area contributed by atoms with Crippen LogP contribution >= 0.6 is 0 Å². The van der Waals surface area contributed by atoms with E-state index in [2.05, 4.69) is 24.3 Å². The highest BCUT2D eigenvalue weighted by Crippen LogP contribution is 2.20. The second-order valence-electron chi connectivity index (χ2n) is 5.05. The van der Waals surface area contributed by atoms with Gasteiger partial charge >= 0.3 is 6.03 Å². The SMILES string of the molecule is CC(C)n1cc2cc(NC(=O)N(C)CCO)ccc2n1. The minimum absolute atomic E-state index is 0.0515. The monoisotopic (exact) mass is 276 g/mol. The lowest BCUT2D eigenvalue weighted by Crippen LogP contribution is -2.33. The van der Waals surface area contributed by atoms with Gasteiger partial charge in [0.15, 0.2) is 0 Å². The largest absolute Gasteiger partial charge is 0.395 e. The van der Waals surface area contributed by atoms with Crippen LogP contribution in [0.4, 0.5) is 10.5 Å². The molecule has 0 fully saturated rings. The summed E-state index contributed by atoms with van der Waals surface area (Å²) in [5.74, 6) is 0. The Morgan fingerprint density at radius 3 is 2.90 bits per heavy atom. The zero-order chi connectivity index (χ0) is 14.7. The molecule has 0 saturated heterocycles. The van der Waals surface area contributed by atoms with Crippen LogP contribution in [0, 0.1) is 0 Å². The average molecular weight is 276 g/mol. The smallest absolute Gasteiger partial charge is 0.321 e. The fourth-order valence-corrected chi connectivity index (χ4v) is 1.86. The molecule has 0 atom stereocenters. The first-order valence-electron chi connectivity index (χ1n) is 6.63. The van der Waals surface area contributed by atoms with Crippen LogP contribution in [0.5, 0.6) is 0 Å². The lowest BCUT2D eigenvalue weighted by Gasteiger charge is -2.16. The topological polar surface area (TPSA) is 70.4 Å². The molecule has 0 spiro atoms. The number of carbonyl (C=O) groups excluding carboxylic acids is 1. The molecule has 0 saturated carbocycles. The molecule has 6 nitrogen and oxygen atoms in total. The van der Waals surface area contributed by atoms with Crippen LogP contribution in [-0.2, 0) is 0 Å². The number of carbonyl (C=O) groups is 1. The van der Waals surface area contributed by atoms with E-state index in [0.717, 1.165) is 16.6 Å². The number of rotatable bonds is 4. The van der Waals surface area contributed by atoms with Crippen molar-refractivity contribution >= 4 is 22.6 Å². The Labute approximate surface area is 118 Å². The van der Waals surface area contributed by atoms with Crippen molar-refractivity contribution in [2.24, 2.45) is 0 Å². The third-order valence-corrected chi connectivity index (χ3v) is 3.08. The van der Waals surface area contributed by atoms with Gasteiger partial charge in [-0.05, 0) is 32.0 Å². The number of aromatic nitrogens is 2. The van der Waals surface area contributed by atoms with Crippen LogP contribution < -0.4 is 5.32 Å². The van der Waals surface area contributed by atoms with Gasteiger partial charge in [0.2, 0.25) is 0 Å². The molecule has 0 unspecified atom stereocenters. The molecule has 0 bridgehead atoms. The number of fused-ring (bicyclic) bond motifs is 1. The standard InChI is InChI=1S/C14H20N4O2/c1-10(2)18-9-11-8-12(4-5-13(11)16-18)15-14(20)17(3)6-7-19/h4-5,8-10,19H,6-7H2,1-3H3,(H,15,20). The summed E-state index contributed by atoms with van der Waals surface area (Å²) in [6.07, 6.45) is 1.97. The van der Waals surface area contributed by atoms with E-state index in [1.54, 1.807) is 7.05 Å². The Hall–Kier alpha value is -2.08. The molecule has 108 valence electrons. The predicted molar refractivity (Wildman–Crippen MR) is 78.9 cm³/mol. The lowest BCUT2D eigenvalue weighted by atomic mass is 10.2.